The minimum absolute atomic E-state index is 0.271. The highest BCUT2D eigenvalue weighted by Crippen LogP contribution is 2.36. The van der Waals surface area contributed by atoms with Crippen molar-refractivity contribution in [2.24, 2.45) is 0 Å². The topological polar surface area (TPSA) is 76.9 Å². The molecule has 0 saturated heterocycles. The van der Waals surface area contributed by atoms with Gasteiger partial charge in [-0.25, -0.2) is 9.37 Å². The van der Waals surface area contributed by atoms with Crippen molar-refractivity contribution in [3.8, 4) is 6.07 Å². The zero-order chi connectivity index (χ0) is 22.0. The smallest absolute Gasteiger partial charge is 0.189 e. The second kappa shape index (κ2) is 8.68. The minimum atomic E-state index is -0.271. The van der Waals surface area contributed by atoms with Crippen LogP contribution in [0.4, 0.5) is 26.6 Å². The lowest BCUT2D eigenvalue weighted by molar-refractivity contribution is 0.402. The number of nitrogens with one attached hydrogen (secondary N) is 2. The van der Waals surface area contributed by atoms with Crippen LogP contribution >= 0.6 is 11.3 Å². The molecule has 156 valence electrons. The van der Waals surface area contributed by atoms with Gasteiger partial charge in [-0.05, 0) is 62.5 Å². The van der Waals surface area contributed by atoms with E-state index in [2.05, 4.69) is 43.7 Å². The number of benzene rings is 2. The fourth-order valence-electron chi connectivity index (χ4n) is 3.19. The first-order chi connectivity index (χ1) is 14.9. The lowest BCUT2D eigenvalue weighted by Gasteiger charge is -2.10. The summed E-state index contributed by atoms with van der Waals surface area (Å²) < 4.78 is 14.4. The molecule has 2 N–H and O–H groups in total. The molecule has 0 bridgehead atoms. The first kappa shape index (κ1) is 20.7. The molecule has 0 unspecified atom stereocenters. The Labute approximate surface area is 184 Å². The van der Waals surface area contributed by atoms with Crippen molar-refractivity contribution in [3.63, 3.8) is 0 Å². The maximum absolute atomic E-state index is 13.6. The predicted octanol–water partition coefficient (Wildman–Crippen LogP) is 5.56. The number of pyridine rings is 1. The van der Waals surface area contributed by atoms with E-state index in [1.165, 1.54) is 29.2 Å². The van der Waals surface area contributed by atoms with Crippen LogP contribution in [0.2, 0.25) is 0 Å². The predicted molar refractivity (Wildman–Crippen MR) is 124 cm³/mol. The third-order valence-electron chi connectivity index (χ3n) is 4.67. The average molecular weight is 433 g/mol. The Morgan fingerprint density at radius 3 is 2.52 bits per heavy atom. The molecule has 0 amide bonds. The standard InChI is InChI=1S/C23H21FN6S/c1-14-10-18(8-9-19(14)24)27-20-16(11-25)12-26-22-21(20)31-23(29-22)28-17-6-4-15(5-7-17)13-30(2)3/h4-10,12H,13H2,1-3H3,(H2,26,27,28,29). The minimum Gasteiger partial charge on any atom is -0.353 e. The van der Waals surface area contributed by atoms with Crippen LogP contribution in [-0.4, -0.2) is 29.0 Å². The Morgan fingerprint density at radius 2 is 1.84 bits per heavy atom. The number of aromatic nitrogens is 2. The molecule has 0 aliphatic heterocycles. The van der Waals surface area contributed by atoms with E-state index in [1.807, 2.05) is 26.2 Å². The number of halogens is 1. The van der Waals surface area contributed by atoms with Crippen molar-refractivity contribution in [2.45, 2.75) is 13.5 Å². The van der Waals surface area contributed by atoms with E-state index in [0.29, 0.717) is 33.3 Å². The van der Waals surface area contributed by atoms with Crippen LogP contribution in [0.5, 0.6) is 0 Å². The average Bonchev–Trinajstić information content (AvgIpc) is 3.15. The van der Waals surface area contributed by atoms with Crippen molar-refractivity contribution in [2.75, 3.05) is 24.7 Å². The van der Waals surface area contributed by atoms with Crippen molar-refractivity contribution >= 4 is 43.9 Å². The molecule has 0 radical (unpaired) electrons. The Morgan fingerprint density at radius 1 is 1.10 bits per heavy atom. The summed E-state index contributed by atoms with van der Waals surface area (Å²) in [5.41, 5.74) is 4.92. The van der Waals surface area contributed by atoms with Crippen molar-refractivity contribution in [1.29, 1.82) is 5.26 Å². The van der Waals surface area contributed by atoms with Crippen LogP contribution in [0.25, 0.3) is 10.3 Å². The maximum atomic E-state index is 13.6. The quantitative estimate of drug-likeness (QED) is 0.415. The first-order valence-corrected chi connectivity index (χ1v) is 10.5. The zero-order valence-corrected chi connectivity index (χ0v) is 18.2. The fourth-order valence-corrected chi connectivity index (χ4v) is 4.13. The highest BCUT2D eigenvalue weighted by Gasteiger charge is 2.15. The van der Waals surface area contributed by atoms with Crippen LogP contribution in [-0.2, 0) is 6.54 Å². The number of thiazole rings is 1. The molecule has 31 heavy (non-hydrogen) atoms. The van der Waals surface area contributed by atoms with E-state index >= 15 is 0 Å². The normalized spacial score (nSPS) is 11.0. The van der Waals surface area contributed by atoms with Crippen molar-refractivity contribution in [3.05, 3.63) is 71.2 Å². The molecule has 6 nitrogen and oxygen atoms in total. The van der Waals surface area contributed by atoms with Crippen LogP contribution in [0.3, 0.4) is 0 Å². The SMILES string of the molecule is Cc1cc(Nc2c(C#N)cnc3nc(Nc4ccc(CN(C)C)cc4)sc23)ccc1F. The number of rotatable bonds is 6. The van der Waals surface area contributed by atoms with Gasteiger partial charge in [-0.2, -0.15) is 10.2 Å². The molecule has 8 heteroatoms. The molecule has 2 heterocycles. The van der Waals surface area contributed by atoms with Gasteiger partial charge >= 0.3 is 0 Å². The summed E-state index contributed by atoms with van der Waals surface area (Å²) in [7, 11) is 4.07. The van der Waals surface area contributed by atoms with Gasteiger partial charge < -0.3 is 15.5 Å². The van der Waals surface area contributed by atoms with Crippen molar-refractivity contribution in [1.82, 2.24) is 14.9 Å². The Bertz CT molecular complexity index is 1270. The number of hydrogen-bond donors (Lipinski definition) is 2. The Hall–Kier alpha value is -3.54. The summed E-state index contributed by atoms with van der Waals surface area (Å²) in [4.78, 5) is 11.0. The molecule has 2 aromatic carbocycles. The van der Waals surface area contributed by atoms with Gasteiger partial charge in [0, 0.05) is 24.1 Å². The van der Waals surface area contributed by atoms with Gasteiger partial charge in [0.15, 0.2) is 10.8 Å². The molecule has 0 fully saturated rings. The third kappa shape index (κ3) is 4.63. The van der Waals surface area contributed by atoms with Crippen LogP contribution in [0.1, 0.15) is 16.7 Å². The molecule has 0 aliphatic carbocycles. The van der Waals surface area contributed by atoms with Gasteiger partial charge in [-0.15, -0.1) is 0 Å². The molecular weight excluding hydrogens is 411 g/mol. The molecule has 4 aromatic rings. The van der Waals surface area contributed by atoms with E-state index in [9.17, 15) is 9.65 Å². The van der Waals surface area contributed by atoms with E-state index in [4.69, 9.17) is 0 Å². The maximum Gasteiger partial charge on any atom is 0.189 e. The Kier molecular flexibility index (Phi) is 5.80. The molecule has 0 aliphatic rings. The highest BCUT2D eigenvalue weighted by molar-refractivity contribution is 7.22. The van der Waals surface area contributed by atoms with Gasteiger partial charge in [0.25, 0.3) is 0 Å². The zero-order valence-electron chi connectivity index (χ0n) is 17.4. The van der Waals surface area contributed by atoms with Gasteiger partial charge in [0.2, 0.25) is 0 Å². The lowest BCUT2D eigenvalue weighted by Crippen LogP contribution is -2.10. The Balaban J connectivity index is 1.64. The molecule has 2 aromatic heterocycles. The van der Waals surface area contributed by atoms with Crippen LogP contribution in [0.15, 0.2) is 48.7 Å². The number of nitriles is 1. The number of anilines is 4. The molecule has 4 rings (SSSR count). The van der Waals surface area contributed by atoms with E-state index in [1.54, 1.807) is 19.1 Å². The largest absolute Gasteiger partial charge is 0.353 e. The molecule has 0 saturated carbocycles. The summed E-state index contributed by atoms with van der Waals surface area (Å²) in [6.07, 6.45) is 1.50. The summed E-state index contributed by atoms with van der Waals surface area (Å²) in [5, 5.41) is 16.8. The second-order valence-corrected chi connectivity index (χ2v) is 8.48. The number of nitrogens with zero attached hydrogens (tertiary/aromatic N) is 4. The van der Waals surface area contributed by atoms with E-state index in [-0.39, 0.29) is 5.82 Å². The summed E-state index contributed by atoms with van der Waals surface area (Å²) in [6, 6.07) is 15.1. The molecule has 0 atom stereocenters. The number of aryl methyl sites for hydroxylation is 1. The monoisotopic (exact) mass is 432 g/mol. The van der Waals surface area contributed by atoms with Gasteiger partial charge in [0.1, 0.15) is 16.6 Å². The second-order valence-electron chi connectivity index (χ2n) is 7.48. The summed E-state index contributed by atoms with van der Waals surface area (Å²) in [5.74, 6) is -0.271. The fraction of sp³-hybridized carbons (Fsp3) is 0.174. The van der Waals surface area contributed by atoms with Crippen molar-refractivity contribution < 1.29 is 4.39 Å². The number of hydrogen-bond acceptors (Lipinski definition) is 7. The number of fused-ring (bicyclic) bond motifs is 1. The van der Waals surface area contributed by atoms with E-state index in [0.717, 1.165) is 16.9 Å². The first-order valence-electron chi connectivity index (χ1n) is 9.66. The van der Waals surface area contributed by atoms with E-state index < -0.39 is 0 Å². The molecule has 0 spiro atoms. The summed E-state index contributed by atoms with van der Waals surface area (Å²) in [6.45, 7) is 2.58. The van der Waals surface area contributed by atoms with Crippen LogP contribution in [0, 0.1) is 24.1 Å². The van der Waals surface area contributed by atoms with Gasteiger partial charge in [-0.1, -0.05) is 23.5 Å². The highest BCUT2D eigenvalue weighted by atomic mass is 32.1. The third-order valence-corrected chi connectivity index (χ3v) is 5.65. The van der Waals surface area contributed by atoms with Crippen LogP contribution < -0.4 is 10.6 Å². The van der Waals surface area contributed by atoms with Gasteiger partial charge in [-0.3, -0.25) is 0 Å². The molecular formula is C23H21FN6S. The van der Waals surface area contributed by atoms with Gasteiger partial charge in [0.05, 0.1) is 11.3 Å². The lowest BCUT2D eigenvalue weighted by atomic mass is 10.2. The summed E-state index contributed by atoms with van der Waals surface area (Å²) >= 11 is 1.41.